The summed E-state index contributed by atoms with van der Waals surface area (Å²) in [6.07, 6.45) is 0. The Morgan fingerprint density at radius 3 is 2.62 bits per heavy atom. The fourth-order valence-electron chi connectivity index (χ4n) is 0.416. The topological polar surface area (TPSA) is 48.0 Å². The fraction of sp³-hybridized carbons (Fsp3) is 0.250. The molecule has 0 saturated carbocycles. The van der Waals surface area contributed by atoms with Gasteiger partial charge in [-0.2, -0.15) is 0 Å². The van der Waals surface area contributed by atoms with Crippen molar-refractivity contribution >= 4 is 17.2 Å². The molecule has 0 bridgehead atoms. The van der Waals surface area contributed by atoms with Gasteiger partial charge in [0, 0.05) is 12.4 Å². The van der Waals surface area contributed by atoms with Gasteiger partial charge in [-0.1, -0.05) is 11.5 Å². The van der Waals surface area contributed by atoms with Gasteiger partial charge in [-0.3, -0.25) is 8.75 Å². The molecule has 1 aromatic rings. The van der Waals surface area contributed by atoms with E-state index in [-0.39, 0.29) is 5.56 Å². The molecule has 0 aliphatic rings. The van der Waals surface area contributed by atoms with Crippen LogP contribution >= 0.6 is 11.5 Å². The minimum Gasteiger partial charge on any atom is -0.394 e. The van der Waals surface area contributed by atoms with E-state index in [1.54, 1.807) is 12.4 Å². The van der Waals surface area contributed by atoms with E-state index in [0.29, 0.717) is 5.69 Å². The van der Waals surface area contributed by atoms with Gasteiger partial charge in [-0.15, -0.1) is 0 Å². The Morgan fingerprint density at radius 1 is 1.88 bits per heavy atom. The van der Waals surface area contributed by atoms with Gasteiger partial charge >= 0.3 is 0 Å². The summed E-state index contributed by atoms with van der Waals surface area (Å²) in [5, 5.41) is 1.63. The van der Waals surface area contributed by atoms with Gasteiger partial charge in [0.1, 0.15) is 5.69 Å². The highest BCUT2D eigenvalue weighted by Gasteiger charge is 1.94. The summed E-state index contributed by atoms with van der Waals surface area (Å²) < 4.78 is 1.48. The van der Waals surface area contributed by atoms with E-state index < -0.39 is 0 Å². The van der Waals surface area contributed by atoms with Crippen molar-refractivity contribution in [3.05, 3.63) is 15.7 Å². The molecule has 0 spiro atoms. The minimum atomic E-state index is -0.102. The number of aromatic nitrogens is 1. The van der Waals surface area contributed by atoms with E-state index in [1.165, 1.54) is 15.5 Å². The van der Waals surface area contributed by atoms with Crippen molar-refractivity contribution < 1.29 is 0 Å². The molecule has 0 unspecified atom stereocenters. The molecule has 0 fully saturated rings. The van der Waals surface area contributed by atoms with Gasteiger partial charge in [0.05, 0.1) is 0 Å². The van der Waals surface area contributed by atoms with E-state index in [2.05, 4.69) is 0 Å². The third-order valence-corrected chi connectivity index (χ3v) is 1.71. The van der Waals surface area contributed by atoms with Crippen LogP contribution in [-0.4, -0.2) is 3.96 Å². The van der Waals surface area contributed by atoms with E-state index in [4.69, 9.17) is 5.73 Å². The molecule has 0 aliphatic carbocycles. The molecule has 2 N–H and O–H groups in total. The first kappa shape index (κ1) is 5.37. The Hall–Kier alpha value is -0.770. The summed E-state index contributed by atoms with van der Waals surface area (Å²) in [4.78, 5) is 10.6. The number of hydrogen-bond donors (Lipinski definition) is 1. The normalized spacial score (nSPS) is 9.62. The van der Waals surface area contributed by atoms with Crippen molar-refractivity contribution in [2.24, 2.45) is 7.05 Å². The zero-order valence-corrected chi connectivity index (χ0v) is 5.23. The highest BCUT2D eigenvalue weighted by Crippen LogP contribution is 1.97. The summed E-state index contributed by atoms with van der Waals surface area (Å²) >= 11 is 1.31. The quantitative estimate of drug-likeness (QED) is 0.538. The SMILES string of the molecule is Cn1scc(N)c1=O. The predicted molar refractivity (Wildman–Crippen MR) is 34.0 cm³/mol. The number of hydrogen-bond acceptors (Lipinski definition) is 3. The Kier molecular flexibility index (Phi) is 1.09. The molecule has 1 rings (SSSR count). The minimum absolute atomic E-state index is 0.102. The van der Waals surface area contributed by atoms with E-state index >= 15 is 0 Å². The first-order valence-electron chi connectivity index (χ1n) is 2.12. The fourth-order valence-corrected chi connectivity index (χ4v) is 0.990. The molecular formula is C4H6N2OS. The van der Waals surface area contributed by atoms with Crippen LogP contribution in [0.3, 0.4) is 0 Å². The van der Waals surface area contributed by atoms with E-state index in [1.807, 2.05) is 0 Å². The van der Waals surface area contributed by atoms with Crippen molar-refractivity contribution in [3.63, 3.8) is 0 Å². The summed E-state index contributed by atoms with van der Waals surface area (Å²) in [7, 11) is 1.68. The van der Waals surface area contributed by atoms with Crippen LogP contribution < -0.4 is 11.3 Å². The van der Waals surface area contributed by atoms with Gasteiger partial charge in [-0.05, 0) is 0 Å². The van der Waals surface area contributed by atoms with Gasteiger partial charge in [0.25, 0.3) is 5.56 Å². The zero-order chi connectivity index (χ0) is 6.15. The largest absolute Gasteiger partial charge is 0.394 e. The number of anilines is 1. The van der Waals surface area contributed by atoms with Gasteiger partial charge in [0.15, 0.2) is 0 Å². The summed E-state index contributed by atoms with van der Waals surface area (Å²) in [5.74, 6) is 0. The molecular weight excluding hydrogens is 124 g/mol. The van der Waals surface area contributed by atoms with Crippen molar-refractivity contribution in [2.45, 2.75) is 0 Å². The summed E-state index contributed by atoms with van der Waals surface area (Å²) in [6.45, 7) is 0. The molecule has 0 aliphatic heterocycles. The Labute approximate surface area is 50.5 Å². The maximum absolute atomic E-state index is 10.6. The Balaban J connectivity index is 3.42. The standard InChI is InChI=1S/C4H6N2OS/c1-6-4(7)3(5)2-8-6/h2H,5H2,1H3. The number of nitrogens with two attached hydrogens (primary N) is 1. The average molecular weight is 130 g/mol. The third kappa shape index (κ3) is 0.626. The predicted octanol–water partition coefficient (Wildman–Crippen LogP) is 0.0290. The smallest absolute Gasteiger partial charge is 0.283 e. The van der Waals surface area contributed by atoms with E-state index in [9.17, 15) is 4.79 Å². The van der Waals surface area contributed by atoms with Crippen LogP contribution in [0.25, 0.3) is 0 Å². The highest BCUT2D eigenvalue weighted by atomic mass is 32.1. The second-order valence-corrected chi connectivity index (χ2v) is 2.48. The Bertz CT molecular complexity index is 214. The van der Waals surface area contributed by atoms with Crippen molar-refractivity contribution in [2.75, 3.05) is 5.73 Å². The lowest BCUT2D eigenvalue weighted by molar-refractivity contribution is 0.984. The molecule has 1 heterocycles. The van der Waals surface area contributed by atoms with Crippen molar-refractivity contribution in [1.82, 2.24) is 3.96 Å². The van der Waals surface area contributed by atoms with Crippen LogP contribution in [0.1, 0.15) is 0 Å². The maximum Gasteiger partial charge on any atom is 0.283 e. The molecule has 0 radical (unpaired) electrons. The number of nitrogens with zero attached hydrogens (tertiary/aromatic N) is 1. The number of rotatable bonds is 0. The van der Waals surface area contributed by atoms with Crippen LogP contribution in [0, 0.1) is 0 Å². The molecule has 0 amide bonds. The molecule has 1 aromatic heterocycles. The van der Waals surface area contributed by atoms with Gasteiger partial charge in [0.2, 0.25) is 0 Å². The molecule has 44 valence electrons. The number of nitrogen functional groups attached to an aromatic ring is 1. The lowest BCUT2D eigenvalue weighted by atomic mass is 10.6. The van der Waals surface area contributed by atoms with Crippen LogP contribution in [0.4, 0.5) is 5.69 Å². The Morgan fingerprint density at radius 2 is 2.50 bits per heavy atom. The molecule has 8 heavy (non-hydrogen) atoms. The maximum atomic E-state index is 10.6. The molecule has 0 atom stereocenters. The molecule has 3 nitrogen and oxygen atoms in total. The monoisotopic (exact) mass is 130 g/mol. The van der Waals surface area contributed by atoms with Crippen molar-refractivity contribution in [1.29, 1.82) is 0 Å². The highest BCUT2D eigenvalue weighted by molar-refractivity contribution is 7.04. The van der Waals surface area contributed by atoms with Crippen LogP contribution in [0.5, 0.6) is 0 Å². The van der Waals surface area contributed by atoms with Gasteiger partial charge in [-0.25, -0.2) is 0 Å². The van der Waals surface area contributed by atoms with Crippen molar-refractivity contribution in [3.8, 4) is 0 Å². The molecule has 4 heteroatoms. The lowest BCUT2D eigenvalue weighted by Gasteiger charge is -1.78. The average Bonchev–Trinajstić information content (AvgIpc) is 1.98. The first-order chi connectivity index (χ1) is 3.72. The van der Waals surface area contributed by atoms with Crippen LogP contribution in [0.15, 0.2) is 10.2 Å². The molecule has 0 saturated heterocycles. The zero-order valence-electron chi connectivity index (χ0n) is 4.42. The second-order valence-electron chi connectivity index (χ2n) is 1.48. The lowest BCUT2D eigenvalue weighted by Crippen LogP contribution is -2.11. The third-order valence-electron chi connectivity index (χ3n) is 0.871. The first-order valence-corrected chi connectivity index (χ1v) is 2.96. The summed E-state index contributed by atoms with van der Waals surface area (Å²) in [5.41, 5.74) is 5.45. The van der Waals surface area contributed by atoms with E-state index in [0.717, 1.165) is 0 Å². The van der Waals surface area contributed by atoms with Crippen LogP contribution in [-0.2, 0) is 7.05 Å². The van der Waals surface area contributed by atoms with Gasteiger partial charge < -0.3 is 5.73 Å². The van der Waals surface area contributed by atoms with Crippen LogP contribution in [0.2, 0.25) is 0 Å². The summed E-state index contributed by atoms with van der Waals surface area (Å²) in [6, 6.07) is 0. The number of aryl methyl sites for hydroxylation is 1. The second kappa shape index (κ2) is 1.63. The molecule has 0 aromatic carbocycles.